The molecule has 2 N–H and O–H groups in total. The van der Waals surface area contributed by atoms with Gasteiger partial charge in [-0.05, 0) is 24.3 Å². The first kappa shape index (κ1) is 13.7. The highest BCUT2D eigenvalue weighted by molar-refractivity contribution is 6.03. The van der Waals surface area contributed by atoms with Gasteiger partial charge in [-0.1, -0.05) is 12.1 Å². The Kier molecular flexibility index (Phi) is 3.27. The molecular formula is C16H10N2O4. The van der Waals surface area contributed by atoms with Crippen LogP contribution in [0.1, 0.15) is 20.7 Å². The van der Waals surface area contributed by atoms with Crippen molar-refractivity contribution in [3.05, 3.63) is 59.9 Å². The minimum atomic E-state index is -1.07. The fourth-order valence-electron chi connectivity index (χ4n) is 2.18. The van der Waals surface area contributed by atoms with Crippen LogP contribution in [0.5, 0.6) is 0 Å². The van der Waals surface area contributed by atoms with Crippen LogP contribution in [-0.4, -0.2) is 32.1 Å². The highest BCUT2D eigenvalue weighted by Crippen LogP contribution is 2.24. The fraction of sp³-hybridized carbons (Fsp3) is 0. The Morgan fingerprint density at radius 3 is 2.32 bits per heavy atom. The van der Waals surface area contributed by atoms with E-state index in [-0.39, 0.29) is 11.1 Å². The SMILES string of the molecule is O=C(O)c1ccc(-c2cc(C(=O)O)c3cnccc3n2)cc1. The molecule has 0 aliphatic carbocycles. The highest BCUT2D eigenvalue weighted by Gasteiger charge is 2.13. The van der Waals surface area contributed by atoms with Crippen molar-refractivity contribution in [2.75, 3.05) is 0 Å². The molecule has 0 bridgehead atoms. The van der Waals surface area contributed by atoms with Crippen LogP contribution in [-0.2, 0) is 0 Å². The third kappa shape index (κ3) is 2.37. The molecule has 2 heterocycles. The molecule has 0 spiro atoms. The first-order valence-corrected chi connectivity index (χ1v) is 6.38. The van der Waals surface area contributed by atoms with Crippen LogP contribution in [0.4, 0.5) is 0 Å². The van der Waals surface area contributed by atoms with Gasteiger partial charge in [0.1, 0.15) is 0 Å². The maximum Gasteiger partial charge on any atom is 0.336 e. The molecule has 0 saturated heterocycles. The van der Waals surface area contributed by atoms with Gasteiger partial charge in [0.05, 0.1) is 22.3 Å². The van der Waals surface area contributed by atoms with Crippen molar-refractivity contribution in [3.8, 4) is 11.3 Å². The second-order valence-corrected chi connectivity index (χ2v) is 4.64. The number of aromatic carboxylic acids is 2. The summed E-state index contributed by atoms with van der Waals surface area (Å²) in [6.07, 6.45) is 3.00. The summed E-state index contributed by atoms with van der Waals surface area (Å²) in [6, 6.07) is 9.21. The summed E-state index contributed by atoms with van der Waals surface area (Å²) in [7, 11) is 0. The number of hydrogen-bond donors (Lipinski definition) is 2. The summed E-state index contributed by atoms with van der Waals surface area (Å²) in [5, 5.41) is 18.7. The van der Waals surface area contributed by atoms with E-state index >= 15 is 0 Å². The summed E-state index contributed by atoms with van der Waals surface area (Å²) in [6.45, 7) is 0. The topological polar surface area (TPSA) is 100 Å². The molecule has 3 aromatic rings. The van der Waals surface area contributed by atoms with Crippen LogP contribution < -0.4 is 0 Å². The second-order valence-electron chi connectivity index (χ2n) is 4.64. The molecule has 6 heteroatoms. The molecule has 3 rings (SSSR count). The number of carboxylic acid groups (broad SMARTS) is 2. The number of hydrogen-bond acceptors (Lipinski definition) is 4. The Bertz CT molecular complexity index is 888. The molecule has 22 heavy (non-hydrogen) atoms. The molecule has 0 saturated carbocycles. The summed E-state index contributed by atoms with van der Waals surface area (Å²) >= 11 is 0. The van der Waals surface area contributed by atoms with Gasteiger partial charge in [-0.15, -0.1) is 0 Å². The van der Waals surface area contributed by atoms with Crippen LogP contribution >= 0.6 is 0 Å². The fourth-order valence-corrected chi connectivity index (χ4v) is 2.18. The number of carboxylic acids is 2. The van der Waals surface area contributed by atoms with Crippen molar-refractivity contribution in [2.24, 2.45) is 0 Å². The van der Waals surface area contributed by atoms with Gasteiger partial charge in [-0.25, -0.2) is 14.6 Å². The Labute approximate surface area is 124 Å². The number of pyridine rings is 2. The van der Waals surface area contributed by atoms with E-state index in [1.54, 1.807) is 18.2 Å². The average Bonchev–Trinajstić information content (AvgIpc) is 2.53. The molecule has 6 nitrogen and oxygen atoms in total. The van der Waals surface area contributed by atoms with Crippen molar-refractivity contribution < 1.29 is 19.8 Å². The van der Waals surface area contributed by atoms with Gasteiger partial charge in [-0.3, -0.25) is 4.98 Å². The van der Waals surface area contributed by atoms with Gasteiger partial charge in [0.2, 0.25) is 0 Å². The van der Waals surface area contributed by atoms with E-state index in [9.17, 15) is 14.7 Å². The number of fused-ring (bicyclic) bond motifs is 1. The molecule has 0 aliphatic heterocycles. The number of benzene rings is 1. The van der Waals surface area contributed by atoms with Crippen molar-refractivity contribution in [1.82, 2.24) is 9.97 Å². The summed E-state index contributed by atoms with van der Waals surface area (Å²) in [4.78, 5) is 30.6. The third-order valence-electron chi connectivity index (χ3n) is 3.27. The minimum Gasteiger partial charge on any atom is -0.478 e. The predicted molar refractivity (Wildman–Crippen MR) is 78.9 cm³/mol. The zero-order valence-electron chi connectivity index (χ0n) is 11.2. The van der Waals surface area contributed by atoms with E-state index in [1.165, 1.54) is 30.6 Å². The lowest BCUT2D eigenvalue weighted by Crippen LogP contribution is -2.01. The van der Waals surface area contributed by atoms with Crippen molar-refractivity contribution in [2.45, 2.75) is 0 Å². The quantitative estimate of drug-likeness (QED) is 0.770. The summed E-state index contributed by atoms with van der Waals surface area (Å²) in [5.41, 5.74) is 1.90. The first-order valence-electron chi connectivity index (χ1n) is 6.38. The maximum absolute atomic E-state index is 11.4. The highest BCUT2D eigenvalue weighted by atomic mass is 16.4. The van der Waals surface area contributed by atoms with E-state index < -0.39 is 11.9 Å². The van der Waals surface area contributed by atoms with Crippen LogP contribution in [0.25, 0.3) is 22.2 Å². The Morgan fingerprint density at radius 2 is 1.68 bits per heavy atom. The zero-order valence-corrected chi connectivity index (χ0v) is 11.2. The van der Waals surface area contributed by atoms with Gasteiger partial charge in [-0.2, -0.15) is 0 Å². The molecule has 108 valence electrons. The molecule has 0 unspecified atom stereocenters. The number of carbonyl (C=O) groups is 2. The molecule has 0 amide bonds. The van der Waals surface area contributed by atoms with E-state index in [0.29, 0.717) is 22.2 Å². The van der Waals surface area contributed by atoms with Gasteiger partial charge in [0, 0.05) is 23.3 Å². The van der Waals surface area contributed by atoms with Crippen molar-refractivity contribution >= 4 is 22.8 Å². The third-order valence-corrected chi connectivity index (χ3v) is 3.27. The lowest BCUT2D eigenvalue weighted by molar-refractivity contribution is 0.0687. The van der Waals surface area contributed by atoms with Gasteiger partial charge in [0.25, 0.3) is 0 Å². The monoisotopic (exact) mass is 294 g/mol. The second kappa shape index (κ2) is 5.25. The average molecular weight is 294 g/mol. The number of aromatic nitrogens is 2. The number of rotatable bonds is 3. The molecule has 0 fully saturated rings. The summed E-state index contributed by atoms with van der Waals surface area (Å²) in [5.74, 6) is -2.08. The van der Waals surface area contributed by atoms with Gasteiger partial charge >= 0.3 is 11.9 Å². The van der Waals surface area contributed by atoms with E-state index in [0.717, 1.165) is 0 Å². The van der Waals surface area contributed by atoms with Crippen LogP contribution in [0, 0.1) is 0 Å². The van der Waals surface area contributed by atoms with E-state index in [1.807, 2.05) is 0 Å². The molecule has 0 radical (unpaired) electrons. The predicted octanol–water partition coefficient (Wildman–Crippen LogP) is 2.69. The largest absolute Gasteiger partial charge is 0.478 e. The standard InChI is InChI=1S/C16H10N2O4/c19-15(20)10-3-1-9(2-4-10)14-7-11(16(21)22)12-8-17-6-5-13(12)18-14/h1-8H,(H,19,20)(H,21,22). The van der Waals surface area contributed by atoms with Gasteiger partial charge < -0.3 is 10.2 Å². The van der Waals surface area contributed by atoms with Crippen LogP contribution in [0.2, 0.25) is 0 Å². The van der Waals surface area contributed by atoms with E-state index in [4.69, 9.17) is 5.11 Å². The minimum absolute atomic E-state index is 0.107. The molecule has 1 aromatic carbocycles. The maximum atomic E-state index is 11.4. The molecule has 2 aromatic heterocycles. The van der Waals surface area contributed by atoms with Crippen LogP contribution in [0.15, 0.2) is 48.8 Å². The Hall–Kier alpha value is -3.28. The van der Waals surface area contributed by atoms with Crippen molar-refractivity contribution in [3.63, 3.8) is 0 Å². The van der Waals surface area contributed by atoms with Crippen LogP contribution in [0.3, 0.4) is 0 Å². The zero-order chi connectivity index (χ0) is 15.7. The van der Waals surface area contributed by atoms with E-state index in [2.05, 4.69) is 9.97 Å². The van der Waals surface area contributed by atoms with Gasteiger partial charge in [0.15, 0.2) is 0 Å². The lowest BCUT2D eigenvalue weighted by atomic mass is 10.0. The molecule has 0 aliphatic rings. The number of nitrogens with zero attached hydrogens (tertiary/aromatic N) is 2. The normalized spacial score (nSPS) is 10.5. The Morgan fingerprint density at radius 1 is 0.955 bits per heavy atom. The Balaban J connectivity index is 2.18. The molecule has 0 atom stereocenters. The summed E-state index contributed by atoms with van der Waals surface area (Å²) < 4.78 is 0. The molecular weight excluding hydrogens is 284 g/mol. The van der Waals surface area contributed by atoms with Crippen molar-refractivity contribution in [1.29, 1.82) is 0 Å². The first-order chi connectivity index (χ1) is 10.6. The lowest BCUT2D eigenvalue weighted by Gasteiger charge is -2.07. The smallest absolute Gasteiger partial charge is 0.336 e.